The molecule has 0 saturated carbocycles. The van der Waals surface area contributed by atoms with E-state index in [-0.39, 0.29) is 5.75 Å². The number of carbonyl (C=O) groups excluding carboxylic acids is 1. The summed E-state index contributed by atoms with van der Waals surface area (Å²) in [7, 11) is 1.34. The standard InChI is InChI=1S/C24H18Cl2O4/c1-29-24(28)15-5-7-20-22(12-15)30-10-9-19(18-8-6-16(25)13-21(18)26)23(20)14-3-2-4-17(27)11-14/h2-8,11-13,27H,9-10H2,1H3. The molecular formula is C24H18Cl2O4. The lowest BCUT2D eigenvalue weighted by Crippen LogP contribution is -2.03. The molecule has 1 N–H and O–H groups in total. The monoisotopic (exact) mass is 440 g/mol. The van der Waals surface area contributed by atoms with Gasteiger partial charge in [0.2, 0.25) is 0 Å². The first-order chi connectivity index (χ1) is 14.5. The van der Waals surface area contributed by atoms with E-state index in [0.717, 1.165) is 27.8 Å². The zero-order valence-electron chi connectivity index (χ0n) is 16.1. The van der Waals surface area contributed by atoms with Gasteiger partial charge in [0.15, 0.2) is 0 Å². The van der Waals surface area contributed by atoms with Gasteiger partial charge in [-0.15, -0.1) is 0 Å². The highest BCUT2D eigenvalue weighted by Gasteiger charge is 2.24. The van der Waals surface area contributed by atoms with Crippen LogP contribution in [0.15, 0.2) is 60.7 Å². The van der Waals surface area contributed by atoms with Crippen LogP contribution in [0.3, 0.4) is 0 Å². The van der Waals surface area contributed by atoms with Crippen LogP contribution in [-0.4, -0.2) is 24.8 Å². The number of phenolic OH excluding ortho intramolecular Hbond substituents is 1. The van der Waals surface area contributed by atoms with Gasteiger partial charge in [-0.25, -0.2) is 4.79 Å². The van der Waals surface area contributed by atoms with E-state index in [4.69, 9.17) is 32.7 Å². The maximum atomic E-state index is 12.0. The van der Waals surface area contributed by atoms with Gasteiger partial charge in [-0.3, -0.25) is 0 Å². The smallest absolute Gasteiger partial charge is 0.337 e. The third-order valence-electron chi connectivity index (χ3n) is 4.97. The van der Waals surface area contributed by atoms with Crippen molar-refractivity contribution in [2.24, 2.45) is 0 Å². The molecule has 0 bridgehead atoms. The SMILES string of the molecule is COC(=O)c1ccc2c(c1)OCCC(c1ccc(Cl)cc1Cl)=C2c1cccc(O)c1. The number of benzene rings is 3. The summed E-state index contributed by atoms with van der Waals surface area (Å²) in [5.74, 6) is 0.283. The minimum absolute atomic E-state index is 0.152. The number of hydrogen-bond acceptors (Lipinski definition) is 4. The van der Waals surface area contributed by atoms with Crippen molar-refractivity contribution >= 4 is 40.3 Å². The van der Waals surface area contributed by atoms with Crippen LogP contribution in [0.1, 0.15) is 33.5 Å². The molecule has 0 spiro atoms. The van der Waals surface area contributed by atoms with Crippen molar-refractivity contribution in [1.29, 1.82) is 0 Å². The zero-order chi connectivity index (χ0) is 21.3. The summed E-state index contributed by atoms with van der Waals surface area (Å²) >= 11 is 12.6. The summed E-state index contributed by atoms with van der Waals surface area (Å²) in [4.78, 5) is 12.0. The Kier molecular flexibility index (Phi) is 5.71. The molecule has 0 aliphatic carbocycles. The molecule has 0 radical (unpaired) electrons. The number of phenols is 1. The second kappa shape index (κ2) is 8.42. The number of aromatic hydroxyl groups is 1. The summed E-state index contributed by atoms with van der Waals surface area (Å²) in [6.45, 7) is 0.397. The Balaban J connectivity index is 2.01. The van der Waals surface area contributed by atoms with Crippen LogP contribution in [0, 0.1) is 0 Å². The van der Waals surface area contributed by atoms with E-state index in [1.807, 2.05) is 18.2 Å². The van der Waals surface area contributed by atoms with Crippen molar-refractivity contribution in [2.45, 2.75) is 6.42 Å². The minimum Gasteiger partial charge on any atom is -0.508 e. The first-order valence-electron chi connectivity index (χ1n) is 9.31. The van der Waals surface area contributed by atoms with Crippen LogP contribution < -0.4 is 4.74 Å². The lowest BCUT2D eigenvalue weighted by Gasteiger charge is -2.17. The predicted molar refractivity (Wildman–Crippen MR) is 118 cm³/mol. The van der Waals surface area contributed by atoms with Gasteiger partial charge in [-0.1, -0.05) is 41.4 Å². The minimum atomic E-state index is -0.436. The molecule has 0 fully saturated rings. The average molecular weight is 441 g/mol. The maximum absolute atomic E-state index is 12.0. The Morgan fingerprint density at radius 1 is 1.03 bits per heavy atom. The number of carbonyl (C=O) groups is 1. The first-order valence-corrected chi connectivity index (χ1v) is 10.1. The van der Waals surface area contributed by atoms with Crippen molar-refractivity contribution in [3.8, 4) is 11.5 Å². The van der Waals surface area contributed by atoms with Crippen molar-refractivity contribution in [1.82, 2.24) is 0 Å². The maximum Gasteiger partial charge on any atom is 0.337 e. The molecule has 152 valence electrons. The third kappa shape index (κ3) is 3.89. The van der Waals surface area contributed by atoms with Crippen LogP contribution >= 0.6 is 23.2 Å². The molecule has 1 heterocycles. The van der Waals surface area contributed by atoms with E-state index in [1.165, 1.54) is 7.11 Å². The molecule has 0 saturated heterocycles. The van der Waals surface area contributed by atoms with Gasteiger partial charge in [0.25, 0.3) is 0 Å². The highest BCUT2D eigenvalue weighted by molar-refractivity contribution is 6.36. The number of hydrogen-bond donors (Lipinski definition) is 1. The molecule has 0 amide bonds. The summed E-state index contributed by atoms with van der Waals surface area (Å²) < 4.78 is 10.8. The van der Waals surface area contributed by atoms with E-state index in [2.05, 4.69) is 0 Å². The van der Waals surface area contributed by atoms with Crippen LogP contribution in [0.2, 0.25) is 10.0 Å². The summed E-state index contributed by atoms with van der Waals surface area (Å²) in [5.41, 5.74) is 4.69. The number of rotatable bonds is 3. The topological polar surface area (TPSA) is 55.8 Å². The van der Waals surface area contributed by atoms with Crippen molar-refractivity contribution < 1.29 is 19.4 Å². The van der Waals surface area contributed by atoms with Gasteiger partial charge in [0.05, 0.1) is 19.3 Å². The first kappa shape index (κ1) is 20.3. The normalized spacial score (nSPS) is 13.3. The van der Waals surface area contributed by atoms with Gasteiger partial charge >= 0.3 is 5.97 Å². The fourth-order valence-electron chi connectivity index (χ4n) is 3.64. The fourth-order valence-corrected chi connectivity index (χ4v) is 4.16. The predicted octanol–water partition coefficient (Wildman–Crippen LogP) is 6.23. The van der Waals surface area contributed by atoms with Crippen LogP contribution in [-0.2, 0) is 4.74 Å². The summed E-state index contributed by atoms with van der Waals surface area (Å²) in [6.07, 6.45) is 0.578. The molecule has 4 nitrogen and oxygen atoms in total. The number of ether oxygens (including phenoxy) is 2. The molecule has 3 aromatic rings. The van der Waals surface area contributed by atoms with Gasteiger partial charge in [-0.2, -0.15) is 0 Å². The highest BCUT2D eigenvalue weighted by atomic mass is 35.5. The summed E-state index contributed by atoms with van der Waals surface area (Å²) in [5, 5.41) is 11.2. The van der Waals surface area contributed by atoms with Gasteiger partial charge in [-0.05, 0) is 64.7 Å². The zero-order valence-corrected chi connectivity index (χ0v) is 17.6. The summed E-state index contributed by atoms with van der Waals surface area (Å²) in [6, 6.07) is 17.6. The third-order valence-corrected chi connectivity index (χ3v) is 5.52. The molecule has 30 heavy (non-hydrogen) atoms. The molecule has 6 heteroatoms. The average Bonchev–Trinajstić information content (AvgIpc) is 2.92. The quantitative estimate of drug-likeness (QED) is 0.490. The van der Waals surface area contributed by atoms with E-state index in [9.17, 15) is 9.90 Å². The van der Waals surface area contributed by atoms with Crippen molar-refractivity contribution in [3.63, 3.8) is 0 Å². The molecule has 3 aromatic carbocycles. The Morgan fingerprint density at radius 2 is 1.83 bits per heavy atom. The van der Waals surface area contributed by atoms with E-state index in [0.29, 0.717) is 34.4 Å². The molecular weight excluding hydrogens is 423 g/mol. The Hall–Kier alpha value is -2.95. The molecule has 0 aromatic heterocycles. The number of esters is 1. The molecule has 1 aliphatic heterocycles. The Bertz CT molecular complexity index is 1170. The lowest BCUT2D eigenvalue weighted by atomic mass is 9.87. The second-order valence-electron chi connectivity index (χ2n) is 6.83. The molecule has 0 unspecified atom stereocenters. The fraction of sp³-hybridized carbons (Fsp3) is 0.125. The van der Waals surface area contributed by atoms with E-state index >= 15 is 0 Å². The van der Waals surface area contributed by atoms with Crippen LogP contribution in [0.5, 0.6) is 11.5 Å². The molecule has 1 aliphatic rings. The van der Waals surface area contributed by atoms with Gasteiger partial charge in [0, 0.05) is 22.0 Å². The number of methoxy groups -OCH3 is 1. The van der Waals surface area contributed by atoms with Gasteiger partial charge < -0.3 is 14.6 Å². The molecule has 0 atom stereocenters. The van der Waals surface area contributed by atoms with Crippen molar-refractivity contribution in [2.75, 3.05) is 13.7 Å². The molecule has 4 rings (SSSR count). The highest BCUT2D eigenvalue weighted by Crippen LogP contribution is 2.43. The lowest BCUT2D eigenvalue weighted by molar-refractivity contribution is 0.0600. The van der Waals surface area contributed by atoms with E-state index < -0.39 is 5.97 Å². The largest absolute Gasteiger partial charge is 0.508 e. The number of fused-ring (bicyclic) bond motifs is 1. The Morgan fingerprint density at radius 3 is 2.57 bits per heavy atom. The second-order valence-corrected chi connectivity index (χ2v) is 7.67. The van der Waals surface area contributed by atoms with E-state index in [1.54, 1.807) is 42.5 Å². The van der Waals surface area contributed by atoms with Crippen LogP contribution in [0.25, 0.3) is 11.1 Å². The number of halogens is 2. The Labute approximate surface area is 184 Å². The van der Waals surface area contributed by atoms with Gasteiger partial charge in [0.1, 0.15) is 11.5 Å². The van der Waals surface area contributed by atoms with Crippen LogP contribution in [0.4, 0.5) is 0 Å². The van der Waals surface area contributed by atoms with Crippen molar-refractivity contribution in [3.05, 3.63) is 93.0 Å².